The van der Waals surface area contributed by atoms with Gasteiger partial charge < -0.3 is 10.3 Å². The van der Waals surface area contributed by atoms with Crippen LogP contribution in [0.4, 0.5) is 5.69 Å². The number of nitrogens with one attached hydrogen (secondary N) is 2. The molecule has 0 atom stereocenters. The van der Waals surface area contributed by atoms with E-state index in [1.54, 1.807) is 30.1 Å². The molecule has 0 fully saturated rings. The first-order chi connectivity index (χ1) is 12.0. The number of nitrogens with zero attached hydrogens (tertiary/aromatic N) is 2. The highest BCUT2D eigenvalue weighted by Gasteiger charge is 2.10. The molecular weight excluding hydrogens is 340 g/mol. The third-order valence-electron chi connectivity index (χ3n) is 3.61. The number of halogens is 1. The number of amides is 1. The smallest absolute Gasteiger partial charge is 0.258 e. The Kier molecular flexibility index (Phi) is 5.11. The molecule has 0 aliphatic heterocycles. The van der Waals surface area contributed by atoms with E-state index in [2.05, 4.69) is 15.3 Å². The number of aromatic amines is 1. The van der Waals surface area contributed by atoms with Gasteiger partial charge in [0, 0.05) is 10.7 Å². The van der Waals surface area contributed by atoms with Crippen molar-refractivity contribution in [1.82, 2.24) is 14.9 Å². The van der Waals surface area contributed by atoms with Gasteiger partial charge in [0.25, 0.3) is 5.56 Å². The second kappa shape index (κ2) is 7.46. The number of benzene rings is 2. The van der Waals surface area contributed by atoms with E-state index in [1.807, 2.05) is 30.3 Å². The van der Waals surface area contributed by atoms with Crippen molar-refractivity contribution in [2.45, 2.75) is 6.54 Å². The van der Waals surface area contributed by atoms with Crippen LogP contribution in [0.3, 0.4) is 0 Å². The average molecular weight is 357 g/mol. The molecular formula is C18H17ClN4O2. The van der Waals surface area contributed by atoms with Crippen LogP contribution in [0.5, 0.6) is 0 Å². The number of para-hydroxylation sites is 1. The third-order valence-corrected chi connectivity index (χ3v) is 3.84. The molecule has 128 valence electrons. The Hall–Kier alpha value is -2.70. The van der Waals surface area contributed by atoms with Gasteiger partial charge in [-0.3, -0.25) is 14.5 Å². The van der Waals surface area contributed by atoms with Crippen molar-refractivity contribution in [3.8, 4) is 0 Å². The average Bonchev–Trinajstić information content (AvgIpc) is 2.56. The van der Waals surface area contributed by atoms with Gasteiger partial charge in [-0.1, -0.05) is 29.8 Å². The fourth-order valence-corrected chi connectivity index (χ4v) is 2.69. The summed E-state index contributed by atoms with van der Waals surface area (Å²) < 4.78 is 0. The highest BCUT2D eigenvalue weighted by Crippen LogP contribution is 2.14. The zero-order chi connectivity index (χ0) is 17.8. The number of carbonyl (C=O) groups excluding carboxylic acids is 1. The number of likely N-dealkylation sites (N-methyl/N-ethyl adjacent to an activating group) is 1. The van der Waals surface area contributed by atoms with Gasteiger partial charge in [0.05, 0.1) is 24.0 Å². The van der Waals surface area contributed by atoms with Gasteiger partial charge in [0.2, 0.25) is 5.91 Å². The fourth-order valence-electron chi connectivity index (χ4n) is 2.51. The quantitative estimate of drug-likeness (QED) is 0.736. The Morgan fingerprint density at radius 2 is 2.00 bits per heavy atom. The first-order valence-corrected chi connectivity index (χ1v) is 8.11. The van der Waals surface area contributed by atoms with Crippen molar-refractivity contribution in [1.29, 1.82) is 0 Å². The minimum atomic E-state index is -0.246. The van der Waals surface area contributed by atoms with Crippen LogP contribution in [0, 0.1) is 0 Å². The van der Waals surface area contributed by atoms with Gasteiger partial charge in [-0.2, -0.15) is 0 Å². The normalized spacial score (nSPS) is 11.0. The molecule has 1 amide bonds. The molecule has 0 spiro atoms. The highest BCUT2D eigenvalue weighted by atomic mass is 35.5. The van der Waals surface area contributed by atoms with Crippen molar-refractivity contribution in [2.24, 2.45) is 0 Å². The van der Waals surface area contributed by atoms with E-state index in [0.29, 0.717) is 28.3 Å². The van der Waals surface area contributed by atoms with Gasteiger partial charge in [0.15, 0.2) is 0 Å². The Bertz CT molecular complexity index is 956. The summed E-state index contributed by atoms with van der Waals surface area (Å²) in [4.78, 5) is 33.1. The predicted molar refractivity (Wildman–Crippen MR) is 98.8 cm³/mol. The number of hydrogen-bond donors (Lipinski definition) is 2. The van der Waals surface area contributed by atoms with Crippen LogP contribution in [0.15, 0.2) is 53.3 Å². The van der Waals surface area contributed by atoms with Crippen molar-refractivity contribution >= 4 is 34.1 Å². The number of rotatable bonds is 5. The van der Waals surface area contributed by atoms with Gasteiger partial charge in [0.1, 0.15) is 5.82 Å². The van der Waals surface area contributed by atoms with Gasteiger partial charge in [-0.05, 0) is 37.4 Å². The lowest BCUT2D eigenvalue weighted by atomic mass is 10.2. The zero-order valence-corrected chi connectivity index (χ0v) is 14.4. The lowest BCUT2D eigenvalue weighted by Crippen LogP contribution is -2.31. The molecule has 0 bridgehead atoms. The predicted octanol–water partition coefficient (Wildman–Crippen LogP) is 2.65. The van der Waals surface area contributed by atoms with Crippen LogP contribution in [-0.4, -0.2) is 34.4 Å². The summed E-state index contributed by atoms with van der Waals surface area (Å²) in [5.74, 6) is 0.360. The van der Waals surface area contributed by atoms with Crippen molar-refractivity contribution < 1.29 is 4.79 Å². The fraction of sp³-hybridized carbons (Fsp3) is 0.167. The van der Waals surface area contributed by atoms with Crippen molar-refractivity contribution in [3.05, 3.63) is 69.7 Å². The standard InChI is InChI=1S/C18H17ClN4O2/c1-23(11-17(24)20-13-5-3-2-4-6-13)10-16-21-15-8-7-12(19)9-14(15)18(25)22-16/h2-9H,10-11H2,1H3,(H,20,24)(H,21,22,25). The Balaban J connectivity index is 1.67. The van der Waals surface area contributed by atoms with E-state index >= 15 is 0 Å². The third kappa shape index (κ3) is 4.43. The van der Waals surface area contributed by atoms with E-state index in [4.69, 9.17) is 11.6 Å². The lowest BCUT2D eigenvalue weighted by Gasteiger charge is -2.16. The molecule has 1 heterocycles. The summed E-state index contributed by atoms with van der Waals surface area (Å²) in [6, 6.07) is 14.2. The molecule has 0 aliphatic rings. The highest BCUT2D eigenvalue weighted by molar-refractivity contribution is 6.31. The summed E-state index contributed by atoms with van der Waals surface area (Å²) in [6.07, 6.45) is 0. The van der Waals surface area contributed by atoms with Crippen LogP contribution < -0.4 is 10.9 Å². The Labute approximate surface area is 149 Å². The number of anilines is 1. The van der Waals surface area contributed by atoms with Crippen LogP contribution in [0.1, 0.15) is 5.82 Å². The van der Waals surface area contributed by atoms with Gasteiger partial charge in [-0.15, -0.1) is 0 Å². The molecule has 25 heavy (non-hydrogen) atoms. The summed E-state index contributed by atoms with van der Waals surface area (Å²) in [6.45, 7) is 0.521. The van der Waals surface area contributed by atoms with E-state index < -0.39 is 0 Å². The molecule has 2 N–H and O–H groups in total. The topological polar surface area (TPSA) is 78.1 Å². The molecule has 0 saturated carbocycles. The summed E-state index contributed by atoms with van der Waals surface area (Å²) in [5.41, 5.74) is 1.07. The SMILES string of the molecule is CN(CC(=O)Nc1ccccc1)Cc1nc2ccc(Cl)cc2c(=O)[nH]1. The van der Waals surface area contributed by atoms with Crippen LogP contribution in [0.25, 0.3) is 10.9 Å². The van der Waals surface area contributed by atoms with E-state index in [0.717, 1.165) is 5.69 Å². The zero-order valence-electron chi connectivity index (χ0n) is 13.6. The van der Waals surface area contributed by atoms with E-state index in [-0.39, 0.29) is 18.0 Å². The van der Waals surface area contributed by atoms with Crippen LogP contribution in [-0.2, 0) is 11.3 Å². The summed E-state index contributed by atoms with van der Waals surface area (Å²) >= 11 is 5.91. The number of fused-ring (bicyclic) bond motifs is 1. The maximum Gasteiger partial charge on any atom is 0.258 e. The molecule has 3 aromatic rings. The second-order valence-corrected chi connectivity index (χ2v) is 6.20. The molecule has 0 radical (unpaired) electrons. The number of H-pyrrole nitrogens is 1. The van der Waals surface area contributed by atoms with Crippen LogP contribution >= 0.6 is 11.6 Å². The summed E-state index contributed by atoms with van der Waals surface area (Å²) in [7, 11) is 1.79. The van der Waals surface area contributed by atoms with E-state index in [9.17, 15) is 9.59 Å². The Morgan fingerprint density at radius 1 is 1.24 bits per heavy atom. The second-order valence-electron chi connectivity index (χ2n) is 5.76. The molecule has 0 unspecified atom stereocenters. The molecule has 0 saturated heterocycles. The number of carbonyl (C=O) groups is 1. The monoisotopic (exact) mass is 356 g/mol. The molecule has 3 rings (SSSR count). The minimum Gasteiger partial charge on any atom is -0.325 e. The maximum absolute atomic E-state index is 12.1. The maximum atomic E-state index is 12.1. The molecule has 0 aliphatic carbocycles. The van der Waals surface area contributed by atoms with E-state index in [1.165, 1.54) is 0 Å². The number of aromatic nitrogens is 2. The first-order valence-electron chi connectivity index (χ1n) is 7.73. The first kappa shape index (κ1) is 17.1. The summed E-state index contributed by atoms with van der Waals surface area (Å²) in [5, 5.41) is 3.75. The van der Waals surface area contributed by atoms with Gasteiger partial charge >= 0.3 is 0 Å². The molecule has 7 heteroatoms. The van der Waals surface area contributed by atoms with Gasteiger partial charge in [-0.25, -0.2) is 4.98 Å². The number of hydrogen-bond acceptors (Lipinski definition) is 4. The minimum absolute atomic E-state index is 0.136. The van der Waals surface area contributed by atoms with Crippen molar-refractivity contribution in [2.75, 3.05) is 18.9 Å². The van der Waals surface area contributed by atoms with Crippen LogP contribution in [0.2, 0.25) is 5.02 Å². The Morgan fingerprint density at radius 3 is 2.76 bits per heavy atom. The molecule has 1 aromatic heterocycles. The largest absolute Gasteiger partial charge is 0.325 e. The van der Waals surface area contributed by atoms with Crippen molar-refractivity contribution in [3.63, 3.8) is 0 Å². The molecule has 6 nitrogen and oxygen atoms in total. The lowest BCUT2D eigenvalue weighted by molar-refractivity contribution is -0.117. The molecule has 2 aromatic carbocycles.